The third kappa shape index (κ3) is 5.11. The molecule has 0 fully saturated rings. The molecule has 4 aromatic rings. The Kier molecular flexibility index (Phi) is 6.04. The zero-order valence-corrected chi connectivity index (χ0v) is 17.9. The normalized spacial score (nSPS) is 11.4. The van der Waals surface area contributed by atoms with E-state index in [1.54, 1.807) is 54.6 Å². The third-order valence-corrected chi connectivity index (χ3v) is 6.70. The fourth-order valence-electron chi connectivity index (χ4n) is 2.42. The van der Waals surface area contributed by atoms with Gasteiger partial charge in [0, 0.05) is 16.1 Å². The number of carbonyl (C=O) groups excluding carboxylic acids is 1. The van der Waals surface area contributed by atoms with E-state index in [-0.39, 0.29) is 27.7 Å². The van der Waals surface area contributed by atoms with Crippen molar-refractivity contribution in [2.75, 3.05) is 5.32 Å². The molecule has 0 spiro atoms. The predicted molar refractivity (Wildman–Crippen MR) is 113 cm³/mol. The van der Waals surface area contributed by atoms with Crippen LogP contribution in [0.5, 0.6) is 0 Å². The highest BCUT2D eigenvalue weighted by Crippen LogP contribution is 2.22. The molecule has 13 heteroatoms. The number of aromatic nitrogens is 4. The van der Waals surface area contributed by atoms with Gasteiger partial charge in [0.05, 0.1) is 6.54 Å². The molecule has 0 saturated heterocycles. The number of benzene rings is 2. The molecule has 0 aliphatic rings. The van der Waals surface area contributed by atoms with Crippen molar-refractivity contribution in [1.29, 1.82) is 0 Å². The van der Waals surface area contributed by atoms with Crippen LogP contribution in [0.4, 0.5) is 5.13 Å². The first kappa shape index (κ1) is 21.1. The maximum Gasteiger partial charge on any atom is 0.270 e. The summed E-state index contributed by atoms with van der Waals surface area (Å²) in [5.74, 6) is -0.0905. The van der Waals surface area contributed by atoms with E-state index in [9.17, 15) is 13.2 Å². The fourth-order valence-corrected chi connectivity index (χ4v) is 4.52. The Bertz CT molecular complexity index is 1320. The first-order valence-corrected chi connectivity index (χ1v) is 11.4. The number of nitrogens with zero attached hydrogens (tertiary/aromatic N) is 4. The molecule has 0 aliphatic heterocycles. The van der Waals surface area contributed by atoms with Crippen molar-refractivity contribution in [2.24, 2.45) is 0 Å². The van der Waals surface area contributed by atoms with Gasteiger partial charge in [-0.2, -0.15) is 9.71 Å². The SMILES string of the molecule is O=C(Nc1nnc(S(=O)(=O)NCc2nc(-c3cccc(Cl)c3)no2)s1)c1ccccc1. The number of nitrogens with one attached hydrogen (secondary N) is 2. The zero-order valence-electron chi connectivity index (χ0n) is 15.5. The molecule has 10 nitrogen and oxygen atoms in total. The second-order valence-electron chi connectivity index (χ2n) is 6.04. The van der Waals surface area contributed by atoms with Crippen molar-refractivity contribution in [3.05, 3.63) is 71.1 Å². The van der Waals surface area contributed by atoms with Crippen LogP contribution in [0.1, 0.15) is 16.2 Å². The minimum Gasteiger partial charge on any atom is -0.338 e. The number of amides is 1. The Balaban J connectivity index is 1.40. The van der Waals surface area contributed by atoms with Crippen LogP contribution in [0.3, 0.4) is 0 Å². The summed E-state index contributed by atoms with van der Waals surface area (Å²) in [6.07, 6.45) is 0. The Labute approximate surface area is 185 Å². The minimum absolute atomic E-state index is 0.0512. The summed E-state index contributed by atoms with van der Waals surface area (Å²) in [6, 6.07) is 15.3. The smallest absolute Gasteiger partial charge is 0.270 e. The Morgan fingerprint density at radius 3 is 2.68 bits per heavy atom. The van der Waals surface area contributed by atoms with Crippen LogP contribution in [-0.4, -0.2) is 34.7 Å². The molecule has 0 saturated carbocycles. The number of sulfonamides is 1. The van der Waals surface area contributed by atoms with E-state index in [0.29, 0.717) is 27.5 Å². The highest BCUT2D eigenvalue weighted by Gasteiger charge is 2.22. The lowest BCUT2D eigenvalue weighted by Crippen LogP contribution is -2.23. The van der Waals surface area contributed by atoms with Gasteiger partial charge in [-0.3, -0.25) is 10.1 Å². The van der Waals surface area contributed by atoms with Gasteiger partial charge in [-0.05, 0) is 24.3 Å². The second kappa shape index (κ2) is 8.89. The van der Waals surface area contributed by atoms with E-state index < -0.39 is 15.9 Å². The van der Waals surface area contributed by atoms with Crippen LogP contribution < -0.4 is 10.0 Å². The van der Waals surface area contributed by atoms with E-state index in [1.165, 1.54) is 0 Å². The van der Waals surface area contributed by atoms with E-state index in [2.05, 4.69) is 30.4 Å². The molecule has 158 valence electrons. The first-order chi connectivity index (χ1) is 14.9. The average Bonchev–Trinajstić information content (AvgIpc) is 3.43. The number of hydrogen-bond acceptors (Lipinski definition) is 9. The molecule has 0 atom stereocenters. The molecule has 0 bridgehead atoms. The van der Waals surface area contributed by atoms with Crippen LogP contribution in [0, 0.1) is 0 Å². The predicted octanol–water partition coefficient (Wildman–Crippen LogP) is 2.97. The number of anilines is 1. The Morgan fingerprint density at radius 1 is 1.10 bits per heavy atom. The zero-order chi connectivity index (χ0) is 21.8. The molecule has 4 rings (SSSR count). The molecule has 0 unspecified atom stereocenters. The van der Waals surface area contributed by atoms with Gasteiger partial charge < -0.3 is 4.52 Å². The molecule has 2 heterocycles. The van der Waals surface area contributed by atoms with Gasteiger partial charge in [-0.25, -0.2) is 8.42 Å². The summed E-state index contributed by atoms with van der Waals surface area (Å²) in [4.78, 5) is 16.3. The molecule has 2 aromatic carbocycles. The van der Waals surface area contributed by atoms with Gasteiger partial charge in [0.2, 0.25) is 21.2 Å². The molecular formula is C18H13ClN6O4S2. The van der Waals surface area contributed by atoms with Crippen molar-refractivity contribution >= 4 is 44.0 Å². The molecule has 2 aromatic heterocycles. The van der Waals surface area contributed by atoms with Gasteiger partial charge in [0.15, 0.2) is 0 Å². The van der Waals surface area contributed by atoms with Crippen LogP contribution >= 0.6 is 22.9 Å². The van der Waals surface area contributed by atoms with Gasteiger partial charge in [-0.15, -0.1) is 10.2 Å². The van der Waals surface area contributed by atoms with E-state index in [4.69, 9.17) is 16.1 Å². The highest BCUT2D eigenvalue weighted by molar-refractivity contribution is 7.91. The molecular weight excluding hydrogens is 464 g/mol. The first-order valence-electron chi connectivity index (χ1n) is 8.69. The maximum atomic E-state index is 12.5. The van der Waals surface area contributed by atoms with Crippen LogP contribution in [0.15, 0.2) is 63.5 Å². The summed E-state index contributed by atoms with van der Waals surface area (Å²) in [5, 5.41) is 14.2. The molecule has 0 radical (unpaired) electrons. The van der Waals surface area contributed by atoms with Crippen molar-refractivity contribution < 1.29 is 17.7 Å². The second-order valence-corrected chi connectivity index (χ2v) is 9.39. The van der Waals surface area contributed by atoms with E-state index in [0.717, 1.165) is 0 Å². The maximum absolute atomic E-state index is 12.5. The third-order valence-electron chi connectivity index (χ3n) is 3.86. The van der Waals surface area contributed by atoms with Crippen molar-refractivity contribution in [3.8, 4) is 11.4 Å². The van der Waals surface area contributed by atoms with Crippen LogP contribution in [0.2, 0.25) is 5.02 Å². The van der Waals surface area contributed by atoms with Crippen LogP contribution in [-0.2, 0) is 16.6 Å². The summed E-state index contributed by atoms with van der Waals surface area (Å²) in [6.45, 7) is -0.249. The Hall–Kier alpha value is -3.19. The topological polar surface area (TPSA) is 140 Å². The summed E-state index contributed by atoms with van der Waals surface area (Å²) < 4.78 is 32.0. The summed E-state index contributed by atoms with van der Waals surface area (Å²) >= 11 is 6.66. The van der Waals surface area contributed by atoms with E-state index in [1.807, 2.05) is 0 Å². The number of carbonyl (C=O) groups is 1. The van der Waals surface area contributed by atoms with Gasteiger partial charge in [-0.1, -0.05) is 58.4 Å². The van der Waals surface area contributed by atoms with Crippen molar-refractivity contribution in [3.63, 3.8) is 0 Å². The quantitative estimate of drug-likeness (QED) is 0.388. The summed E-state index contributed by atoms with van der Waals surface area (Å²) in [7, 11) is -4.01. The van der Waals surface area contributed by atoms with Gasteiger partial charge in [0.25, 0.3) is 15.9 Å². The molecule has 1 amide bonds. The lowest BCUT2D eigenvalue weighted by atomic mass is 10.2. The highest BCUT2D eigenvalue weighted by atomic mass is 35.5. The fraction of sp³-hybridized carbons (Fsp3) is 0.0556. The largest absolute Gasteiger partial charge is 0.338 e. The monoisotopic (exact) mass is 476 g/mol. The molecule has 2 N–H and O–H groups in total. The number of rotatable bonds is 7. The lowest BCUT2D eigenvalue weighted by molar-refractivity contribution is 0.102. The van der Waals surface area contributed by atoms with Gasteiger partial charge >= 0.3 is 0 Å². The Morgan fingerprint density at radius 2 is 1.90 bits per heavy atom. The van der Waals surface area contributed by atoms with E-state index >= 15 is 0 Å². The number of hydrogen-bond donors (Lipinski definition) is 2. The summed E-state index contributed by atoms with van der Waals surface area (Å²) in [5.41, 5.74) is 1.04. The molecule has 31 heavy (non-hydrogen) atoms. The molecule has 0 aliphatic carbocycles. The number of halogens is 1. The van der Waals surface area contributed by atoms with Crippen molar-refractivity contribution in [1.82, 2.24) is 25.1 Å². The lowest BCUT2D eigenvalue weighted by Gasteiger charge is -2.00. The minimum atomic E-state index is -4.01. The van der Waals surface area contributed by atoms with Gasteiger partial charge in [0.1, 0.15) is 0 Å². The standard InChI is InChI=1S/C18H13ClN6O4S2/c19-13-8-4-7-12(9-13)15-21-14(29-25-15)10-20-31(27,28)18-24-23-17(30-18)22-16(26)11-5-2-1-3-6-11/h1-9,20H,10H2,(H,22,23,26). The van der Waals surface area contributed by atoms with Crippen LogP contribution in [0.25, 0.3) is 11.4 Å². The average molecular weight is 477 g/mol. The van der Waals surface area contributed by atoms with Crippen molar-refractivity contribution in [2.45, 2.75) is 10.9 Å².